The maximum Gasteiger partial charge on any atom is 0.303 e. The van der Waals surface area contributed by atoms with Crippen LogP contribution >= 0.6 is 0 Å². The molecule has 0 aromatic rings. The number of esters is 1. The van der Waals surface area contributed by atoms with Crippen LogP contribution in [-0.4, -0.2) is 50.8 Å². The lowest BCUT2D eigenvalue weighted by atomic mass is 10.3. The molecule has 17 heavy (non-hydrogen) atoms. The minimum absolute atomic E-state index is 0.00694. The monoisotopic (exact) mass is 241 g/mol. The second-order valence-corrected chi connectivity index (χ2v) is 5.09. The number of carbonyl (C=O) groups excluding carboxylic acids is 1. The molecule has 4 heteroatoms. The lowest BCUT2D eigenvalue weighted by Gasteiger charge is -2.26. The Balaban J connectivity index is 0.000000354. The van der Waals surface area contributed by atoms with Crippen molar-refractivity contribution in [1.29, 1.82) is 0 Å². The van der Waals surface area contributed by atoms with Crippen LogP contribution in [0.3, 0.4) is 0 Å². The third-order valence-electron chi connectivity index (χ3n) is 1.87. The Hall–Kier alpha value is -1.29. The number of dihydropyridines is 1. The van der Waals surface area contributed by atoms with Crippen LogP contribution < -0.4 is 5.32 Å². The van der Waals surface area contributed by atoms with Crippen molar-refractivity contribution in [3.8, 4) is 0 Å². The average molecular weight is 241 g/mol. The summed E-state index contributed by atoms with van der Waals surface area (Å²) in [6, 6.07) is 0. The number of allylic oxidation sites excluding steroid dienone is 2. The molecule has 0 aromatic heterocycles. The normalized spacial score (nSPS) is 15.4. The van der Waals surface area contributed by atoms with Crippen LogP contribution in [0.2, 0.25) is 0 Å². The lowest BCUT2D eigenvalue weighted by Crippen LogP contribution is -2.41. The zero-order chi connectivity index (χ0) is 13.3. The fraction of sp³-hybridized carbons (Fsp3) is 0.615. The number of quaternary nitrogens is 1. The van der Waals surface area contributed by atoms with Crippen molar-refractivity contribution in [2.45, 2.75) is 20.0 Å². The number of nitrogens with one attached hydrogen (secondary N) is 1. The highest BCUT2D eigenvalue weighted by Gasteiger charge is 2.15. The van der Waals surface area contributed by atoms with Crippen LogP contribution in [0.1, 0.15) is 13.8 Å². The molecule has 1 heterocycles. The first kappa shape index (κ1) is 15.7. The predicted molar refractivity (Wildman–Crippen MR) is 70.4 cm³/mol. The van der Waals surface area contributed by atoms with Crippen LogP contribution in [0.25, 0.3) is 0 Å². The Morgan fingerprint density at radius 2 is 2.06 bits per heavy atom. The van der Waals surface area contributed by atoms with Gasteiger partial charge in [-0.1, -0.05) is 12.2 Å². The Bertz CT molecular complexity index is 266. The van der Waals surface area contributed by atoms with Gasteiger partial charge in [-0.3, -0.25) is 4.79 Å². The van der Waals surface area contributed by atoms with Crippen molar-refractivity contribution in [2.75, 3.05) is 34.2 Å². The third-order valence-corrected chi connectivity index (χ3v) is 1.87. The molecule has 1 rings (SSSR count). The Morgan fingerprint density at radius 1 is 1.41 bits per heavy atom. The molecule has 0 saturated carbocycles. The van der Waals surface area contributed by atoms with E-state index in [2.05, 4.69) is 32.5 Å². The van der Waals surface area contributed by atoms with E-state index in [1.807, 2.05) is 25.3 Å². The SMILES string of the molecule is C1=CCNC=C1.CC(=O)OC(C)C[N+](C)(C)C. The Kier molecular flexibility index (Phi) is 7.30. The van der Waals surface area contributed by atoms with Crippen molar-refractivity contribution < 1.29 is 14.0 Å². The molecule has 98 valence electrons. The van der Waals surface area contributed by atoms with Gasteiger partial charge in [0.15, 0.2) is 0 Å². The molecular weight excluding hydrogens is 216 g/mol. The number of hydrogen-bond donors (Lipinski definition) is 1. The number of rotatable bonds is 3. The quantitative estimate of drug-likeness (QED) is 0.598. The summed E-state index contributed by atoms with van der Waals surface area (Å²) in [5.74, 6) is -0.203. The van der Waals surface area contributed by atoms with Gasteiger partial charge in [0.2, 0.25) is 0 Å². The first-order valence-corrected chi connectivity index (χ1v) is 5.84. The molecule has 1 aliphatic heterocycles. The van der Waals surface area contributed by atoms with E-state index in [0.717, 1.165) is 17.6 Å². The van der Waals surface area contributed by atoms with Gasteiger partial charge in [0.05, 0.1) is 21.1 Å². The van der Waals surface area contributed by atoms with E-state index < -0.39 is 0 Å². The highest BCUT2D eigenvalue weighted by Crippen LogP contribution is 1.98. The number of likely N-dealkylation sites (N-methyl/N-ethyl adjacent to an activating group) is 1. The van der Waals surface area contributed by atoms with E-state index in [0.29, 0.717) is 0 Å². The van der Waals surface area contributed by atoms with Crippen molar-refractivity contribution in [2.24, 2.45) is 0 Å². The van der Waals surface area contributed by atoms with E-state index in [-0.39, 0.29) is 12.1 Å². The molecule has 0 aromatic carbocycles. The summed E-state index contributed by atoms with van der Waals surface area (Å²) in [4.78, 5) is 10.5. The Labute approximate surface area is 105 Å². The van der Waals surface area contributed by atoms with Gasteiger partial charge in [-0.05, 0) is 19.2 Å². The van der Waals surface area contributed by atoms with Crippen molar-refractivity contribution in [3.63, 3.8) is 0 Å². The van der Waals surface area contributed by atoms with Crippen LogP contribution in [0.4, 0.5) is 0 Å². The van der Waals surface area contributed by atoms with E-state index in [4.69, 9.17) is 4.74 Å². The summed E-state index contributed by atoms with van der Waals surface area (Å²) in [7, 11) is 6.21. The maximum atomic E-state index is 10.5. The van der Waals surface area contributed by atoms with Gasteiger partial charge in [-0.2, -0.15) is 0 Å². The van der Waals surface area contributed by atoms with Crippen LogP contribution in [0.5, 0.6) is 0 Å². The molecule has 0 saturated heterocycles. The number of hydrogen-bond acceptors (Lipinski definition) is 3. The van der Waals surface area contributed by atoms with Crippen molar-refractivity contribution in [1.82, 2.24) is 5.32 Å². The van der Waals surface area contributed by atoms with Gasteiger partial charge in [0.1, 0.15) is 12.6 Å². The van der Waals surface area contributed by atoms with Crippen molar-refractivity contribution in [3.05, 3.63) is 24.4 Å². The number of carbonyl (C=O) groups is 1. The molecule has 0 radical (unpaired) electrons. The zero-order valence-corrected chi connectivity index (χ0v) is 11.6. The highest BCUT2D eigenvalue weighted by molar-refractivity contribution is 5.66. The summed E-state index contributed by atoms with van der Waals surface area (Å²) >= 11 is 0. The molecule has 1 unspecified atom stereocenters. The number of ether oxygens (including phenoxy) is 1. The Morgan fingerprint density at radius 3 is 2.29 bits per heavy atom. The smallest absolute Gasteiger partial charge is 0.303 e. The summed E-state index contributed by atoms with van der Waals surface area (Å²) in [6.07, 6.45) is 8.01. The molecule has 1 atom stereocenters. The lowest BCUT2D eigenvalue weighted by molar-refractivity contribution is -0.873. The first-order valence-electron chi connectivity index (χ1n) is 5.84. The summed E-state index contributed by atoms with van der Waals surface area (Å²) in [5, 5.41) is 3.02. The van der Waals surface area contributed by atoms with Crippen molar-refractivity contribution >= 4 is 5.97 Å². The van der Waals surface area contributed by atoms with Gasteiger partial charge in [0, 0.05) is 13.5 Å². The second-order valence-electron chi connectivity index (χ2n) is 5.09. The van der Waals surface area contributed by atoms with Crippen LogP contribution in [0.15, 0.2) is 24.4 Å². The fourth-order valence-corrected chi connectivity index (χ4v) is 1.50. The average Bonchev–Trinajstić information content (AvgIpc) is 2.16. The minimum atomic E-state index is -0.203. The maximum absolute atomic E-state index is 10.5. The minimum Gasteiger partial charge on any atom is -0.457 e. The summed E-state index contributed by atoms with van der Waals surface area (Å²) < 4.78 is 5.79. The van der Waals surface area contributed by atoms with Gasteiger partial charge in [0.25, 0.3) is 0 Å². The van der Waals surface area contributed by atoms with E-state index >= 15 is 0 Å². The molecule has 0 bridgehead atoms. The molecule has 1 aliphatic rings. The molecule has 1 N–H and O–H groups in total. The summed E-state index contributed by atoms with van der Waals surface area (Å²) in [6.45, 7) is 5.17. The van der Waals surface area contributed by atoms with E-state index in [1.54, 1.807) is 0 Å². The summed E-state index contributed by atoms with van der Waals surface area (Å²) in [5.41, 5.74) is 0. The molecule has 4 nitrogen and oxygen atoms in total. The van der Waals surface area contributed by atoms with Gasteiger partial charge in [-0.25, -0.2) is 0 Å². The van der Waals surface area contributed by atoms with Crippen LogP contribution in [-0.2, 0) is 9.53 Å². The van der Waals surface area contributed by atoms with Gasteiger partial charge in [-0.15, -0.1) is 0 Å². The predicted octanol–water partition coefficient (Wildman–Crippen LogP) is 1.30. The topological polar surface area (TPSA) is 38.3 Å². The molecular formula is C13H25N2O2+. The first-order chi connectivity index (χ1) is 7.81. The zero-order valence-electron chi connectivity index (χ0n) is 11.6. The van der Waals surface area contributed by atoms with E-state index in [9.17, 15) is 4.79 Å². The van der Waals surface area contributed by atoms with E-state index in [1.165, 1.54) is 6.92 Å². The molecule has 0 aliphatic carbocycles. The largest absolute Gasteiger partial charge is 0.457 e. The molecule has 0 amide bonds. The standard InChI is InChI=1S/C8H18NO2.C5H7N/c1-7(11-8(2)10)6-9(3,4)5;1-2-4-6-5-3-1/h7H,6H2,1-5H3;1-4,6H,5H2/q+1;. The van der Waals surface area contributed by atoms with Gasteiger partial charge >= 0.3 is 5.97 Å². The second kappa shape index (κ2) is 7.90. The van der Waals surface area contributed by atoms with Gasteiger partial charge < -0.3 is 14.5 Å². The van der Waals surface area contributed by atoms with Crippen LogP contribution in [0, 0.1) is 0 Å². The molecule has 0 spiro atoms. The molecule has 0 fully saturated rings. The third kappa shape index (κ3) is 12.6. The highest BCUT2D eigenvalue weighted by atomic mass is 16.5. The number of nitrogens with zero attached hydrogens (tertiary/aromatic N) is 1. The fourth-order valence-electron chi connectivity index (χ4n) is 1.50.